The molecule has 0 bridgehead atoms. The van der Waals surface area contributed by atoms with Gasteiger partial charge in [-0.3, -0.25) is 4.68 Å². The topological polar surface area (TPSA) is 71.8 Å². The Hall–Kier alpha value is -2.44. The first kappa shape index (κ1) is 16.4. The lowest BCUT2D eigenvalue weighted by Gasteiger charge is -2.35. The van der Waals surface area contributed by atoms with Crippen molar-refractivity contribution in [2.75, 3.05) is 0 Å². The van der Waals surface area contributed by atoms with Crippen LogP contribution in [0, 0.1) is 11.7 Å². The van der Waals surface area contributed by atoms with E-state index in [1.54, 1.807) is 23.1 Å². The number of hydrogen-bond acceptors (Lipinski definition) is 3. The monoisotopic (exact) mass is 331 g/mol. The highest BCUT2D eigenvalue weighted by Gasteiger charge is 2.30. The quantitative estimate of drug-likeness (QED) is 0.855. The van der Waals surface area contributed by atoms with Gasteiger partial charge in [0, 0.05) is 6.04 Å². The number of carbonyl (C=O) groups excluding carboxylic acids is 1. The summed E-state index contributed by atoms with van der Waals surface area (Å²) in [5, 5.41) is 10.00. The smallest absolute Gasteiger partial charge is 0.315 e. The van der Waals surface area contributed by atoms with E-state index >= 15 is 0 Å². The molecule has 128 valence electrons. The number of hydrogen-bond donors (Lipinski definition) is 2. The second-order valence-corrected chi connectivity index (χ2v) is 6.36. The van der Waals surface area contributed by atoms with Crippen LogP contribution in [0.3, 0.4) is 0 Å². The van der Waals surface area contributed by atoms with Gasteiger partial charge in [0.2, 0.25) is 0 Å². The van der Waals surface area contributed by atoms with Crippen molar-refractivity contribution in [2.45, 2.75) is 44.8 Å². The fraction of sp³-hybridized carbons (Fsp3) is 0.471. The normalized spacial score (nSPS) is 16.9. The molecule has 1 aliphatic carbocycles. The molecule has 2 amide bonds. The number of urea groups is 1. The number of rotatable bonds is 6. The van der Waals surface area contributed by atoms with E-state index in [9.17, 15) is 9.18 Å². The fourth-order valence-electron chi connectivity index (χ4n) is 2.98. The van der Waals surface area contributed by atoms with Gasteiger partial charge in [-0.25, -0.2) is 14.2 Å². The number of carbonyl (C=O) groups is 1. The van der Waals surface area contributed by atoms with Crippen molar-refractivity contribution in [1.29, 1.82) is 0 Å². The second kappa shape index (κ2) is 7.42. The van der Waals surface area contributed by atoms with Crippen molar-refractivity contribution in [1.82, 2.24) is 25.4 Å². The molecule has 0 aliphatic heterocycles. The van der Waals surface area contributed by atoms with Crippen LogP contribution < -0.4 is 10.6 Å². The van der Waals surface area contributed by atoms with Crippen LogP contribution in [0.2, 0.25) is 0 Å². The summed E-state index contributed by atoms with van der Waals surface area (Å²) in [6.45, 7) is 2.47. The molecule has 1 fully saturated rings. The molecule has 1 saturated carbocycles. The molecule has 2 atom stereocenters. The summed E-state index contributed by atoms with van der Waals surface area (Å²) in [6.07, 6.45) is 6.42. The predicted octanol–water partition coefficient (Wildman–Crippen LogP) is 2.65. The molecule has 1 heterocycles. The Morgan fingerprint density at radius 3 is 2.67 bits per heavy atom. The van der Waals surface area contributed by atoms with Crippen LogP contribution >= 0.6 is 0 Å². The third-order valence-electron chi connectivity index (χ3n) is 4.44. The number of halogens is 1. The van der Waals surface area contributed by atoms with Crippen molar-refractivity contribution in [3.63, 3.8) is 0 Å². The van der Waals surface area contributed by atoms with Crippen LogP contribution in [0.25, 0.3) is 0 Å². The van der Waals surface area contributed by atoms with Crippen LogP contribution in [-0.2, 0) is 6.54 Å². The third-order valence-corrected chi connectivity index (χ3v) is 4.44. The maximum atomic E-state index is 13.1. The molecule has 7 heteroatoms. The van der Waals surface area contributed by atoms with Gasteiger partial charge in [-0.15, -0.1) is 0 Å². The summed E-state index contributed by atoms with van der Waals surface area (Å²) in [6, 6.07) is 5.99. The average Bonchev–Trinajstić information content (AvgIpc) is 2.98. The van der Waals surface area contributed by atoms with Crippen molar-refractivity contribution in [3.8, 4) is 0 Å². The largest absolute Gasteiger partial charge is 0.334 e. The van der Waals surface area contributed by atoms with E-state index in [0.29, 0.717) is 12.5 Å². The van der Waals surface area contributed by atoms with Crippen molar-refractivity contribution >= 4 is 6.03 Å². The molecule has 6 nitrogen and oxygen atoms in total. The maximum absolute atomic E-state index is 13.1. The van der Waals surface area contributed by atoms with E-state index in [-0.39, 0.29) is 23.9 Å². The van der Waals surface area contributed by atoms with Crippen LogP contribution in [0.4, 0.5) is 9.18 Å². The van der Waals surface area contributed by atoms with Gasteiger partial charge < -0.3 is 10.6 Å². The van der Waals surface area contributed by atoms with E-state index in [0.717, 1.165) is 18.4 Å². The first-order valence-electron chi connectivity index (χ1n) is 8.26. The number of aromatic nitrogens is 3. The van der Waals surface area contributed by atoms with E-state index in [4.69, 9.17) is 0 Å². The highest BCUT2D eigenvalue weighted by atomic mass is 19.1. The molecule has 0 radical (unpaired) electrons. The Morgan fingerprint density at radius 1 is 1.33 bits per heavy atom. The zero-order chi connectivity index (χ0) is 16.9. The summed E-state index contributed by atoms with van der Waals surface area (Å²) in [5.74, 6) is 0.142. The Kier molecular flexibility index (Phi) is 5.08. The van der Waals surface area contributed by atoms with Gasteiger partial charge in [-0.05, 0) is 43.4 Å². The molecule has 0 saturated heterocycles. The van der Waals surface area contributed by atoms with Crippen LogP contribution in [-0.4, -0.2) is 26.8 Å². The summed E-state index contributed by atoms with van der Waals surface area (Å²) >= 11 is 0. The second-order valence-electron chi connectivity index (χ2n) is 6.36. The van der Waals surface area contributed by atoms with Gasteiger partial charge >= 0.3 is 6.03 Å². The standard InChI is InChI=1S/C17H22FN5O/c1-12(9-23-11-19-10-20-23)21-17(24)22-16(13-3-2-4-13)14-5-7-15(18)8-6-14/h5-8,10-13,16H,2-4,9H2,1H3,(H2,21,22,24)/t12-,16-/m1/s1. The minimum Gasteiger partial charge on any atom is -0.334 e. The third kappa shape index (κ3) is 4.10. The highest BCUT2D eigenvalue weighted by molar-refractivity contribution is 5.74. The molecule has 24 heavy (non-hydrogen) atoms. The molecular weight excluding hydrogens is 309 g/mol. The maximum Gasteiger partial charge on any atom is 0.315 e. The van der Waals surface area contributed by atoms with Gasteiger partial charge in [0.25, 0.3) is 0 Å². The molecule has 0 unspecified atom stereocenters. The van der Waals surface area contributed by atoms with Crippen LogP contribution in [0.15, 0.2) is 36.9 Å². The molecule has 1 aromatic carbocycles. The Labute approximate surface area is 140 Å². The molecule has 3 rings (SSSR count). The summed E-state index contributed by atoms with van der Waals surface area (Å²) in [5.41, 5.74) is 0.945. The lowest BCUT2D eigenvalue weighted by molar-refractivity contribution is 0.205. The fourth-order valence-corrected chi connectivity index (χ4v) is 2.98. The molecule has 0 spiro atoms. The first-order valence-corrected chi connectivity index (χ1v) is 8.26. The molecule has 2 N–H and O–H groups in total. The lowest BCUT2D eigenvalue weighted by Crippen LogP contribution is -2.46. The van der Waals surface area contributed by atoms with Crippen molar-refractivity contribution in [3.05, 3.63) is 48.3 Å². The first-order chi connectivity index (χ1) is 11.6. The van der Waals surface area contributed by atoms with Crippen LogP contribution in [0.5, 0.6) is 0 Å². The number of nitrogens with one attached hydrogen (secondary N) is 2. The van der Waals surface area contributed by atoms with Gasteiger partial charge in [0.15, 0.2) is 0 Å². The minimum atomic E-state index is -0.267. The van der Waals surface area contributed by atoms with Crippen molar-refractivity contribution < 1.29 is 9.18 Å². The molecular formula is C17H22FN5O. The number of amides is 2. The summed E-state index contributed by atoms with van der Waals surface area (Å²) < 4.78 is 14.8. The zero-order valence-corrected chi connectivity index (χ0v) is 13.7. The molecule has 2 aromatic rings. The number of nitrogens with zero attached hydrogens (tertiary/aromatic N) is 3. The van der Waals surface area contributed by atoms with Gasteiger partial charge in [0.05, 0.1) is 12.6 Å². The lowest BCUT2D eigenvalue weighted by atomic mass is 9.77. The predicted molar refractivity (Wildman–Crippen MR) is 87.6 cm³/mol. The molecule has 1 aliphatic rings. The summed E-state index contributed by atoms with van der Waals surface area (Å²) in [4.78, 5) is 16.2. The Bertz CT molecular complexity index is 654. The minimum absolute atomic E-state index is 0.0815. The Balaban J connectivity index is 1.59. The summed E-state index contributed by atoms with van der Waals surface area (Å²) in [7, 11) is 0. The van der Waals surface area contributed by atoms with E-state index in [1.807, 2.05) is 6.92 Å². The van der Waals surface area contributed by atoms with Gasteiger partial charge in [0.1, 0.15) is 18.5 Å². The van der Waals surface area contributed by atoms with E-state index in [1.165, 1.54) is 24.9 Å². The van der Waals surface area contributed by atoms with Gasteiger partial charge in [-0.2, -0.15) is 5.10 Å². The number of benzene rings is 1. The van der Waals surface area contributed by atoms with Crippen molar-refractivity contribution in [2.24, 2.45) is 5.92 Å². The SMILES string of the molecule is C[C@H](Cn1cncn1)NC(=O)N[C@@H](c1ccc(F)cc1)C1CCC1. The van der Waals surface area contributed by atoms with E-state index < -0.39 is 0 Å². The van der Waals surface area contributed by atoms with E-state index in [2.05, 4.69) is 20.7 Å². The van der Waals surface area contributed by atoms with Crippen LogP contribution in [0.1, 0.15) is 37.8 Å². The highest BCUT2D eigenvalue weighted by Crippen LogP contribution is 2.37. The van der Waals surface area contributed by atoms with Gasteiger partial charge in [-0.1, -0.05) is 18.6 Å². The molecule has 1 aromatic heterocycles. The zero-order valence-electron chi connectivity index (χ0n) is 13.7. The Morgan fingerprint density at radius 2 is 2.08 bits per heavy atom. The average molecular weight is 331 g/mol.